The summed E-state index contributed by atoms with van der Waals surface area (Å²) in [7, 11) is -1.88. The second-order valence-corrected chi connectivity index (χ2v) is 5.73. The molecular formula is C8H18N2O4S. The zero-order valence-corrected chi connectivity index (χ0v) is 10.0. The van der Waals surface area contributed by atoms with Gasteiger partial charge in [0, 0.05) is 19.9 Å². The molecule has 2 atom stereocenters. The van der Waals surface area contributed by atoms with Crippen molar-refractivity contribution >= 4 is 15.7 Å². The van der Waals surface area contributed by atoms with Crippen molar-refractivity contribution in [1.29, 1.82) is 0 Å². The SMILES string of the molecule is COCC(CN)NC(=O)C(C)S(C)(=O)=O. The summed E-state index contributed by atoms with van der Waals surface area (Å²) in [5.41, 5.74) is 5.37. The molecule has 0 aliphatic carbocycles. The summed E-state index contributed by atoms with van der Waals surface area (Å²) >= 11 is 0. The molecule has 0 aliphatic heterocycles. The van der Waals surface area contributed by atoms with Crippen LogP contribution in [0.15, 0.2) is 0 Å². The lowest BCUT2D eigenvalue weighted by Crippen LogP contribution is -2.48. The molecule has 0 rings (SSSR count). The van der Waals surface area contributed by atoms with E-state index in [1.165, 1.54) is 14.0 Å². The lowest BCUT2D eigenvalue weighted by molar-refractivity contribution is -0.121. The molecule has 0 saturated carbocycles. The van der Waals surface area contributed by atoms with E-state index in [2.05, 4.69) is 5.32 Å². The molecular weight excluding hydrogens is 220 g/mol. The van der Waals surface area contributed by atoms with Gasteiger partial charge in [-0.3, -0.25) is 4.79 Å². The molecule has 0 aromatic heterocycles. The van der Waals surface area contributed by atoms with Crippen molar-refractivity contribution in [3.63, 3.8) is 0 Å². The van der Waals surface area contributed by atoms with Crippen molar-refractivity contribution in [3.8, 4) is 0 Å². The number of carbonyl (C=O) groups excluding carboxylic acids is 1. The molecule has 2 unspecified atom stereocenters. The highest BCUT2D eigenvalue weighted by Crippen LogP contribution is 1.98. The summed E-state index contributed by atoms with van der Waals surface area (Å²) in [6, 6.07) is -0.355. The fourth-order valence-corrected chi connectivity index (χ4v) is 1.34. The molecule has 7 heteroatoms. The first-order valence-electron chi connectivity index (χ1n) is 4.51. The average Bonchev–Trinajstić information content (AvgIpc) is 2.14. The molecule has 0 fully saturated rings. The summed E-state index contributed by atoms with van der Waals surface area (Å²) in [5.74, 6) is -0.551. The number of nitrogens with one attached hydrogen (secondary N) is 1. The van der Waals surface area contributed by atoms with E-state index in [-0.39, 0.29) is 19.2 Å². The van der Waals surface area contributed by atoms with Gasteiger partial charge in [0.15, 0.2) is 9.84 Å². The Morgan fingerprint density at radius 1 is 1.53 bits per heavy atom. The van der Waals surface area contributed by atoms with E-state index in [0.717, 1.165) is 6.26 Å². The maximum Gasteiger partial charge on any atom is 0.238 e. The van der Waals surface area contributed by atoms with Crippen molar-refractivity contribution in [3.05, 3.63) is 0 Å². The van der Waals surface area contributed by atoms with E-state index in [1.54, 1.807) is 0 Å². The number of ether oxygens (including phenoxy) is 1. The van der Waals surface area contributed by atoms with Crippen LogP contribution in [-0.4, -0.2) is 52.1 Å². The first-order chi connectivity index (χ1) is 6.82. The van der Waals surface area contributed by atoms with Gasteiger partial charge < -0.3 is 15.8 Å². The number of sulfone groups is 1. The molecule has 0 aliphatic rings. The molecule has 0 aromatic carbocycles. The Morgan fingerprint density at radius 3 is 2.40 bits per heavy atom. The highest BCUT2D eigenvalue weighted by molar-refractivity contribution is 7.92. The zero-order chi connectivity index (χ0) is 12.1. The van der Waals surface area contributed by atoms with E-state index in [4.69, 9.17) is 10.5 Å². The molecule has 6 nitrogen and oxygen atoms in total. The van der Waals surface area contributed by atoms with Crippen LogP contribution < -0.4 is 11.1 Å². The highest BCUT2D eigenvalue weighted by atomic mass is 32.2. The molecule has 0 spiro atoms. The third kappa shape index (κ3) is 5.10. The van der Waals surface area contributed by atoms with Crippen molar-refractivity contribution in [1.82, 2.24) is 5.32 Å². The molecule has 0 aromatic rings. The first kappa shape index (κ1) is 14.3. The van der Waals surface area contributed by atoms with Crippen molar-refractivity contribution in [2.45, 2.75) is 18.2 Å². The van der Waals surface area contributed by atoms with Crippen molar-refractivity contribution in [2.24, 2.45) is 5.73 Å². The third-order valence-corrected chi connectivity index (χ3v) is 3.51. The van der Waals surface area contributed by atoms with Crippen LogP contribution in [0.2, 0.25) is 0 Å². The van der Waals surface area contributed by atoms with Gasteiger partial charge in [0.1, 0.15) is 5.25 Å². The van der Waals surface area contributed by atoms with Crippen LogP contribution in [-0.2, 0) is 19.4 Å². The Kier molecular flexibility index (Phi) is 5.77. The monoisotopic (exact) mass is 238 g/mol. The predicted molar refractivity (Wildman–Crippen MR) is 57.2 cm³/mol. The zero-order valence-electron chi connectivity index (χ0n) is 9.19. The second-order valence-electron chi connectivity index (χ2n) is 3.37. The Labute approximate surface area is 90.1 Å². The fourth-order valence-electron chi connectivity index (χ4n) is 0.883. The van der Waals surface area contributed by atoms with Gasteiger partial charge in [0.05, 0.1) is 12.6 Å². The van der Waals surface area contributed by atoms with Crippen LogP contribution in [0.25, 0.3) is 0 Å². The maximum atomic E-state index is 11.4. The second kappa shape index (κ2) is 6.04. The average molecular weight is 238 g/mol. The van der Waals surface area contributed by atoms with Gasteiger partial charge in [0.2, 0.25) is 5.91 Å². The third-order valence-electron chi connectivity index (χ3n) is 2.01. The molecule has 90 valence electrons. The first-order valence-corrected chi connectivity index (χ1v) is 6.46. The van der Waals surface area contributed by atoms with Crippen LogP contribution >= 0.6 is 0 Å². The van der Waals surface area contributed by atoms with Gasteiger partial charge in [-0.05, 0) is 6.92 Å². The lowest BCUT2D eigenvalue weighted by Gasteiger charge is -2.18. The summed E-state index contributed by atoms with van der Waals surface area (Å²) < 4.78 is 27.0. The quantitative estimate of drug-likeness (QED) is 0.587. The molecule has 3 N–H and O–H groups in total. The predicted octanol–water partition coefficient (Wildman–Crippen LogP) is -1.49. The van der Waals surface area contributed by atoms with Crippen molar-refractivity contribution in [2.75, 3.05) is 26.5 Å². The number of methoxy groups -OCH3 is 1. The van der Waals surface area contributed by atoms with Crippen LogP contribution in [0, 0.1) is 0 Å². The summed E-state index contributed by atoms with van der Waals surface area (Å²) in [6.45, 7) is 1.81. The van der Waals surface area contributed by atoms with E-state index in [1.807, 2.05) is 0 Å². The lowest BCUT2D eigenvalue weighted by atomic mass is 10.3. The minimum atomic E-state index is -3.36. The van der Waals surface area contributed by atoms with Crippen molar-refractivity contribution < 1.29 is 17.9 Å². The van der Waals surface area contributed by atoms with Gasteiger partial charge in [-0.2, -0.15) is 0 Å². The number of carbonyl (C=O) groups is 1. The summed E-state index contributed by atoms with van der Waals surface area (Å²) in [4.78, 5) is 11.4. The van der Waals surface area contributed by atoms with Crippen LogP contribution in [0.1, 0.15) is 6.92 Å². The van der Waals surface area contributed by atoms with Gasteiger partial charge in [0.25, 0.3) is 0 Å². The van der Waals surface area contributed by atoms with Gasteiger partial charge in [-0.25, -0.2) is 8.42 Å². The maximum absolute atomic E-state index is 11.4. The fraction of sp³-hybridized carbons (Fsp3) is 0.875. The minimum absolute atomic E-state index is 0.204. The number of hydrogen-bond donors (Lipinski definition) is 2. The topological polar surface area (TPSA) is 98.5 Å². The highest BCUT2D eigenvalue weighted by Gasteiger charge is 2.25. The summed E-state index contributed by atoms with van der Waals surface area (Å²) in [6.07, 6.45) is 1.02. The van der Waals surface area contributed by atoms with Gasteiger partial charge >= 0.3 is 0 Å². The normalized spacial score (nSPS) is 15.7. The Balaban J connectivity index is 4.35. The number of hydrogen-bond acceptors (Lipinski definition) is 5. The molecule has 0 heterocycles. The molecule has 0 radical (unpaired) electrons. The van der Waals surface area contributed by atoms with E-state index >= 15 is 0 Å². The van der Waals surface area contributed by atoms with Gasteiger partial charge in [-0.15, -0.1) is 0 Å². The van der Waals surface area contributed by atoms with Gasteiger partial charge in [-0.1, -0.05) is 0 Å². The smallest absolute Gasteiger partial charge is 0.238 e. The summed E-state index contributed by atoms with van der Waals surface area (Å²) in [5, 5.41) is 1.44. The standard InChI is InChI=1S/C8H18N2O4S/c1-6(15(3,12)13)8(11)10-7(4-9)5-14-2/h6-7H,4-5,9H2,1-3H3,(H,10,11). The minimum Gasteiger partial charge on any atom is -0.383 e. The van der Waals surface area contributed by atoms with E-state index in [9.17, 15) is 13.2 Å². The number of nitrogens with two attached hydrogens (primary N) is 1. The van der Waals surface area contributed by atoms with E-state index in [0.29, 0.717) is 0 Å². The molecule has 15 heavy (non-hydrogen) atoms. The Bertz CT molecular complexity index is 302. The van der Waals surface area contributed by atoms with E-state index < -0.39 is 21.0 Å². The van der Waals surface area contributed by atoms with Crippen LogP contribution in [0.3, 0.4) is 0 Å². The Morgan fingerprint density at radius 2 is 2.07 bits per heavy atom. The Hall–Kier alpha value is -0.660. The van der Waals surface area contributed by atoms with Crippen LogP contribution in [0.4, 0.5) is 0 Å². The van der Waals surface area contributed by atoms with Crippen LogP contribution in [0.5, 0.6) is 0 Å². The largest absolute Gasteiger partial charge is 0.383 e. The number of amides is 1. The molecule has 0 bridgehead atoms. The number of rotatable bonds is 6. The molecule has 0 saturated heterocycles. The molecule has 1 amide bonds.